The Morgan fingerprint density at radius 2 is 1.43 bits per heavy atom. The van der Waals surface area contributed by atoms with E-state index in [0.29, 0.717) is 0 Å². The molecule has 7 heavy (non-hydrogen) atoms. The summed E-state index contributed by atoms with van der Waals surface area (Å²) in [6.07, 6.45) is 0. The van der Waals surface area contributed by atoms with Gasteiger partial charge in [0.25, 0.3) is 0 Å². The molecule has 0 rings (SSSR count). The van der Waals surface area contributed by atoms with Crippen LogP contribution in [0.2, 0.25) is 0 Å². The first-order valence-electron chi connectivity index (χ1n) is 1.99. The van der Waals surface area contributed by atoms with E-state index < -0.39 is 5.79 Å². The van der Waals surface area contributed by atoms with Crippen molar-refractivity contribution in [3.8, 4) is 0 Å². The lowest BCUT2D eigenvalue weighted by Crippen LogP contribution is -2.22. The van der Waals surface area contributed by atoms with Crippen molar-refractivity contribution in [3.63, 3.8) is 0 Å². The van der Waals surface area contributed by atoms with Gasteiger partial charge in [0.05, 0.1) is 14.2 Å². The van der Waals surface area contributed by atoms with Crippen molar-refractivity contribution < 1.29 is 9.47 Å². The van der Waals surface area contributed by atoms with Gasteiger partial charge in [-0.25, -0.2) is 0 Å². The van der Waals surface area contributed by atoms with E-state index in [-0.39, 0.29) is 0 Å². The van der Waals surface area contributed by atoms with Gasteiger partial charge in [0.1, 0.15) is 0 Å². The first-order valence-corrected chi connectivity index (χ1v) is 1.99. The third kappa shape index (κ3) is 2.60. The molecule has 0 saturated carbocycles. The molecule has 2 nitrogen and oxygen atoms in total. The Labute approximate surface area is 44.4 Å². The molecule has 0 aliphatic heterocycles. The lowest BCUT2D eigenvalue weighted by molar-refractivity contribution is -0.149. The van der Waals surface area contributed by atoms with E-state index in [9.17, 15) is 0 Å². The molecule has 0 unspecified atom stereocenters. The summed E-state index contributed by atoms with van der Waals surface area (Å²) in [7, 11) is 6.33. The molecule has 0 saturated heterocycles. The summed E-state index contributed by atoms with van der Waals surface area (Å²) >= 11 is 0. The first-order chi connectivity index (χ1) is 3.12. The van der Waals surface area contributed by atoms with Crippen LogP contribution in [0, 0.1) is 14.2 Å². The van der Waals surface area contributed by atoms with Gasteiger partial charge in [-0.15, -0.1) is 0 Å². The molecule has 0 fully saturated rings. The average Bonchev–Trinajstić information content (AvgIpc) is 1.68. The molecule has 0 atom stereocenters. The van der Waals surface area contributed by atoms with Crippen molar-refractivity contribution in [3.05, 3.63) is 14.2 Å². The summed E-state index contributed by atoms with van der Waals surface area (Å²) in [5.74, 6) is -0.639. The van der Waals surface area contributed by atoms with Crippen LogP contribution in [0.1, 0.15) is 13.8 Å². The summed E-state index contributed by atoms with van der Waals surface area (Å²) in [4.78, 5) is 0. The molecule has 0 amide bonds. The van der Waals surface area contributed by atoms with Gasteiger partial charge < -0.3 is 9.47 Å². The second kappa shape index (κ2) is 2.28. The molecular formula is C5H10O2. The topological polar surface area (TPSA) is 18.5 Å². The van der Waals surface area contributed by atoms with E-state index in [1.165, 1.54) is 0 Å². The largest absolute Gasteiger partial charge is 0.348 e. The van der Waals surface area contributed by atoms with Gasteiger partial charge in [-0.1, -0.05) is 0 Å². The molecule has 2 radical (unpaired) electrons. The van der Waals surface area contributed by atoms with E-state index in [1.54, 1.807) is 13.8 Å². The Morgan fingerprint density at radius 3 is 1.43 bits per heavy atom. The Morgan fingerprint density at radius 1 is 1.14 bits per heavy atom. The van der Waals surface area contributed by atoms with Gasteiger partial charge in [0.2, 0.25) is 0 Å². The van der Waals surface area contributed by atoms with Gasteiger partial charge in [-0.2, -0.15) is 0 Å². The van der Waals surface area contributed by atoms with Crippen molar-refractivity contribution in [1.29, 1.82) is 0 Å². The quantitative estimate of drug-likeness (QED) is 0.490. The maximum absolute atomic E-state index is 4.55. The summed E-state index contributed by atoms with van der Waals surface area (Å²) < 4.78 is 9.10. The molecule has 0 aliphatic rings. The second-order valence-electron chi connectivity index (χ2n) is 1.69. The maximum atomic E-state index is 4.55. The Hall–Kier alpha value is -0.0800. The van der Waals surface area contributed by atoms with E-state index in [2.05, 4.69) is 23.7 Å². The normalized spacial score (nSPS) is 12.0. The summed E-state index contributed by atoms with van der Waals surface area (Å²) in [5.41, 5.74) is 0. The number of hydrogen-bond acceptors (Lipinski definition) is 2. The molecule has 42 valence electrons. The van der Waals surface area contributed by atoms with Gasteiger partial charge in [-0.3, -0.25) is 0 Å². The van der Waals surface area contributed by atoms with Crippen molar-refractivity contribution >= 4 is 0 Å². The zero-order valence-corrected chi connectivity index (χ0v) is 4.73. The number of rotatable bonds is 2. The second-order valence-corrected chi connectivity index (χ2v) is 1.69. The van der Waals surface area contributed by atoms with Gasteiger partial charge >= 0.3 is 0 Å². The highest BCUT2D eigenvalue weighted by Crippen LogP contribution is 2.07. The first kappa shape index (κ1) is 6.92. The summed E-state index contributed by atoms with van der Waals surface area (Å²) in [6.45, 7) is 3.46. The molecule has 0 heterocycles. The molecule has 0 aliphatic carbocycles. The minimum Gasteiger partial charge on any atom is -0.348 e. The fourth-order valence-corrected chi connectivity index (χ4v) is 0.0417. The third-order valence-corrected chi connectivity index (χ3v) is 0.695. The van der Waals surface area contributed by atoms with Gasteiger partial charge in [0, 0.05) is 0 Å². The highest BCUT2D eigenvalue weighted by atomic mass is 16.7. The number of ether oxygens (including phenoxy) is 2. The standard InChI is InChI=1S/C5H10O2/c1-5(2,6-3)7-4/h3-4H2,1-2H3. The van der Waals surface area contributed by atoms with Crippen molar-refractivity contribution in [2.24, 2.45) is 0 Å². The molecule has 0 spiro atoms. The van der Waals surface area contributed by atoms with Crippen molar-refractivity contribution in [2.45, 2.75) is 19.6 Å². The van der Waals surface area contributed by atoms with E-state index in [0.717, 1.165) is 0 Å². The molecule has 0 N–H and O–H groups in total. The highest BCUT2D eigenvalue weighted by molar-refractivity contribution is 4.50. The van der Waals surface area contributed by atoms with E-state index in [1.807, 2.05) is 0 Å². The van der Waals surface area contributed by atoms with Crippen molar-refractivity contribution in [2.75, 3.05) is 0 Å². The van der Waals surface area contributed by atoms with Crippen LogP contribution in [0.15, 0.2) is 0 Å². The maximum Gasteiger partial charge on any atom is 0.162 e. The molecule has 0 bridgehead atoms. The molecule has 2 heteroatoms. The SMILES string of the molecule is [CH2]OC(C)(C)O[CH2]. The smallest absolute Gasteiger partial charge is 0.162 e. The minimum atomic E-state index is -0.639. The third-order valence-electron chi connectivity index (χ3n) is 0.695. The number of hydrogen-bond donors (Lipinski definition) is 0. The zero-order valence-electron chi connectivity index (χ0n) is 4.73. The molecular weight excluding hydrogens is 92.1 g/mol. The Kier molecular flexibility index (Phi) is 2.26. The van der Waals surface area contributed by atoms with Crippen LogP contribution in [0.3, 0.4) is 0 Å². The summed E-state index contributed by atoms with van der Waals surface area (Å²) in [6, 6.07) is 0. The van der Waals surface area contributed by atoms with E-state index >= 15 is 0 Å². The van der Waals surface area contributed by atoms with Crippen LogP contribution >= 0.6 is 0 Å². The fourth-order valence-electron chi connectivity index (χ4n) is 0.0417. The fraction of sp³-hybridized carbons (Fsp3) is 0.600. The van der Waals surface area contributed by atoms with E-state index in [4.69, 9.17) is 0 Å². The van der Waals surface area contributed by atoms with Crippen LogP contribution in [-0.2, 0) is 9.47 Å². The van der Waals surface area contributed by atoms with Crippen molar-refractivity contribution in [1.82, 2.24) is 0 Å². The molecule has 0 aromatic carbocycles. The lowest BCUT2D eigenvalue weighted by atomic mass is 10.4. The monoisotopic (exact) mass is 102 g/mol. The van der Waals surface area contributed by atoms with Gasteiger partial charge in [-0.05, 0) is 13.8 Å². The van der Waals surface area contributed by atoms with Gasteiger partial charge in [0.15, 0.2) is 5.79 Å². The van der Waals surface area contributed by atoms with Crippen LogP contribution in [0.5, 0.6) is 0 Å². The molecule has 0 aromatic rings. The molecule has 0 aromatic heterocycles. The zero-order chi connectivity index (χ0) is 5.91. The van der Waals surface area contributed by atoms with Crippen LogP contribution in [0.4, 0.5) is 0 Å². The Balaban J connectivity index is 3.36. The highest BCUT2D eigenvalue weighted by Gasteiger charge is 2.12. The predicted octanol–water partition coefficient (Wildman–Crippen LogP) is 1.34. The minimum absolute atomic E-state index is 0.639. The Bertz CT molecular complexity index is 44.0. The van der Waals surface area contributed by atoms with Crippen LogP contribution in [-0.4, -0.2) is 5.79 Å². The summed E-state index contributed by atoms with van der Waals surface area (Å²) in [5, 5.41) is 0. The van der Waals surface area contributed by atoms with Crippen LogP contribution in [0.25, 0.3) is 0 Å². The predicted molar refractivity (Wildman–Crippen MR) is 27.0 cm³/mol. The lowest BCUT2D eigenvalue weighted by Gasteiger charge is -2.19. The van der Waals surface area contributed by atoms with Crippen LogP contribution < -0.4 is 0 Å². The average molecular weight is 102 g/mol.